The number of anilines is 2. The molecule has 0 aliphatic carbocycles. The Kier molecular flexibility index (Phi) is 9.12. The lowest BCUT2D eigenvalue weighted by Gasteiger charge is -2.36. The molecule has 1 atom stereocenters. The molecule has 0 spiro atoms. The number of nitrogens with zero attached hydrogens (tertiary/aromatic N) is 4. The number of hydrogen-bond donors (Lipinski definition) is 0. The molecular formula is C24H29ClN4O3S. The zero-order valence-corrected chi connectivity index (χ0v) is 20.6. The number of hydrogen-bond acceptors (Lipinski definition) is 6. The lowest BCUT2D eigenvalue weighted by molar-refractivity contribution is 0.105. The molecule has 2 aromatic rings. The fraction of sp³-hybridized carbons (Fsp3) is 0.417. The first-order valence-electron chi connectivity index (χ1n) is 11.1. The van der Waals surface area contributed by atoms with E-state index in [0.717, 1.165) is 23.4 Å². The molecule has 1 fully saturated rings. The Bertz CT molecular complexity index is 975. The van der Waals surface area contributed by atoms with E-state index in [0.29, 0.717) is 55.7 Å². The molecule has 0 aromatic heterocycles. The van der Waals surface area contributed by atoms with E-state index in [1.54, 1.807) is 17.9 Å². The third-order valence-electron chi connectivity index (χ3n) is 5.40. The Labute approximate surface area is 203 Å². The number of carbonyl (C=O) groups excluding carboxylic acids is 1. The normalized spacial score (nSPS) is 14.5. The highest BCUT2D eigenvalue weighted by Gasteiger charge is 2.25. The molecule has 33 heavy (non-hydrogen) atoms. The molecule has 176 valence electrons. The molecule has 1 saturated heterocycles. The first-order valence-corrected chi connectivity index (χ1v) is 12.7. The van der Waals surface area contributed by atoms with Crippen LogP contribution in [0.15, 0.2) is 42.5 Å². The number of benzene rings is 2. The van der Waals surface area contributed by atoms with Gasteiger partial charge in [-0.05, 0) is 49.2 Å². The second kappa shape index (κ2) is 12.0. The van der Waals surface area contributed by atoms with Gasteiger partial charge < -0.3 is 19.1 Å². The monoisotopic (exact) mass is 488 g/mol. The van der Waals surface area contributed by atoms with Gasteiger partial charge in [-0.2, -0.15) is 9.57 Å². The van der Waals surface area contributed by atoms with E-state index in [2.05, 4.69) is 11.0 Å². The van der Waals surface area contributed by atoms with Crippen molar-refractivity contribution < 1.29 is 14.1 Å². The summed E-state index contributed by atoms with van der Waals surface area (Å²) in [6, 6.07) is 15.4. The van der Waals surface area contributed by atoms with E-state index in [1.165, 1.54) is 0 Å². The van der Waals surface area contributed by atoms with Crippen LogP contribution >= 0.6 is 11.6 Å². The van der Waals surface area contributed by atoms with Gasteiger partial charge in [0.1, 0.15) is 11.8 Å². The standard InChI is InChI=1S/C24H29ClN4O3S/c1-3-15-33(31)29(18-19-5-7-21(25)8-6-19)22-9-10-23(20(16-22)17-26)27-11-13-28(14-12-27)24(30)32-4-2/h5-10,16H,3-4,11-15,18H2,1-2H3. The minimum Gasteiger partial charge on any atom is -0.593 e. The first kappa shape index (κ1) is 25.0. The van der Waals surface area contributed by atoms with E-state index in [1.807, 2.05) is 47.6 Å². The molecule has 1 amide bonds. The van der Waals surface area contributed by atoms with Crippen LogP contribution in [0, 0.1) is 11.3 Å². The van der Waals surface area contributed by atoms with Gasteiger partial charge in [0.25, 0.3) is 0 Å². The number of carbonyl (C=O) groups is 1. The molecule has 9 heteroatoms. The molecule has 2 aromatic carbocycles. The van der Waals surface area contributed by atoms with Gasteiger partial charge >= 0.3 is 6.09 Å². The average molecular weight is 489 g/mol. The molecular weight excluding hydrogens is 460 g/mol. The van der Waals surface area contributed by atoms with Gasteiger partial charge in [-0.25, -0.2) is 4.79 Å². The van der Waals surface area contributed by atoms with E-state index < -0.39 is 11.4 Å². The minimum absolute atomic E-state index is 0.302. The van der Waals surface area contributed by atoms with Crippen molar-refractivity contribution in [2.24, 2.45) is 0 Å². The smallest absolute Gasteiger partial charge is 0.409 e. The van der Waals surface area contributed by atoms with Crippen LogP contribution in [0.25, 0.3) is 0 Å². The highest BCUT2D eigenvalue weighted by atomic mass is 35.5. The Morgan fingerprint density at radius 3 is 2.48 bits per heavy atom. The van der Waals surface area contributed by atoms with Gasteiger partial charge in [-0.3, -0.25) is 0 Å². The quantitative estimate of drug-likeness (QED) is 0.506. The van der Waals surface area contributed by atoms with Gasteiger partial charge in [0.15, 0.2) is 0 Å². The first-order chi connectivity index (χ1) is 16.0. The molecule has 1 heterocycles. The van der Waals surface area contributed by atoms with Gasteiger partial charge in [-0.15, -0.1) is 0 Å². The lowest BCUT2D eigenvalue weighted by Crippen LogP contribution is -2.49. The third kappa shape index (κ3) is 6.47. The Morgan fingerprint density at radius 1 is 1.18 bits per heavy atom. The second-order valence-corrected chi connectivity index (χ2v) is 9.60. The highest BCUT2D eigenvalue weighted by Crippen LogP contribution is 2.30. The Hall–Kier alpha value is -2.60. The molecule has 0 radical (unpaired) electrons. The number of nitriles is 1. The Morgan fingerprint density at radius 2 is 1.88 bits per heavy atom. The number of rotatable bonds is 8. The lowest BCUT2D eigenvalue weighted by atomic mass is 10.1. The number of piperazine rings is 1. The maximum absolute atomic E-state index is 13.0. The summed E-state index contributed by atoms with van der Waals surface area (Å²) in [4.78, 5) is 15.7. The van der Waals surface area contributed by atoms with E-state index in [4.69, 9.17) is 16.3 Å². The van der Waals surface area contributed by atoms with Gasteiger partial charge in [0.05, 0.1) is 41.5 Å². The third-order valence-corrected chi connectivity index (χ3v) is 7.24. The fourth-order valence-electron chi connectivity index (χ4n) is 3.71. The van der Waals surface area contributed by atoms with Crippen molar-refractivity contribution in [1.82, 2.24) is 4.90 Å². The van der Waals surface area contributed by atoms with Crippen LogP contribution < -0.4 is 9.21 Å². The summed E-state index contributed by atoms with van der Waals surface area (Å²) in [7, 11) is 0. The van der Waals surface area contributed by atoms with E-state index in [-0.39, 0.29) is 6.09 Å². The number of amides is 1. The summed E-state index contributed by atoms with van der Waals surface area (Å²) in [5.74, 6) is 0.535. The minimum atomic E-state index is -1.23. The summed E-state index contributed by atoms with van der Waals surface area (Å²) < 4.78 is 19.9. The van der Waals surface area contributed by atoms with Crippen molar-refractivity contribution in [2.75, 3.05) is 47.7 Å². The van der Waals surface area contributed by atoms with Crippen LogP contribution in [-0.4, -0.2) is 54.1 Å². The van der Waals surface area contributed by atoms with Crippen LogP contribution in [0.3, 0.4) is 0 Å². The van der Waals surface area contributed by atoms with Gasteiger partial charge in [-0.1, -0.05) is 30.7 Å². The molecule has 0 bridgehead atoms. The van der Waals surface area contributed by atoms with E-state index in [9.17, 15) is 14.6 Å². The van der Waals surface area contributed by atoms with Crippen LogP contribution in [-0.2, 0) is 22.6 Å². The van der Waals surface area contributed by atoms with Crippen LogP contribution in [0.4, 0.5) is 16.2 Å². The molecule has 1 unspecified atom stereocenters. The van der Waals surface area contributed by atoms with Gasteiger partial charge in [0, 0.05) is 31.2 Å². The number of ether oxygens (including phenoxy) is 1. The van der Waals surface area contributed by atoms with Gasteiger partial charge in [0.2, 0.25) is 0 Å². The van der Waals surface area contributed by atoms with Crippen molar-refractivity contribution in [2.45, 2.75) is 26.8 Å². The van der Waals surface area contributed by atoms with E-state index >= 15 is 0 Å². The number of halogens is 1. The maximum atomic E-state index is 13.0. The molecule has 1 aliphatic rings. The highest BCUT2D eigenvalue weighted by molar-refractivity contribution is 7.92. The molecule has 7 nitrogen and oxygen atoms in total. The topological polar surface area (TPSA) is 82.9 Å². The summed E-state index contributed by atoms with van der Waals surface area (Å²) in [5.41, 5.74) is 3.06. The predicted molar refractivity (Wildman–Crippen MR) is 133 cm³/mol. The van der Waals surface area contributed by atoms with Crippen molar-refractivity contribution in [3.8, 4) is 6.07 Å². The van der Waals surface area contributed by atoms with Crippen molar-refractivity contribution in [3.05, 3.63) is 58.6 Å². The predicted octanol–water partition coefficient (Wildman–Crippen LogP) is 4.57. The molecule has 1 aliphatic heterocycles. The van der Waals surface area contributed by atoms with Crippen LogP contribution in [0.5, 0.6) is 0 Å². The van der Waals surface area contributed by atoms with Crippen LogP contribution in [0.2, 0.25) is 5.02 Å². The van der Waals surface area contributed by atoms with Crippen molar-refractivity contribution >= 4 is 40.4 Å². The SMILES string of the molecule is CCC[S+]([O-])N(Cc1ccc(Cl)cc1)c1ccc(N2CCN(C(=O)OCC)CC2)c(C#N)c1. The fourth-order valence-corrected chi connectivity index (χ4v) is 5.05. The van der Waals surface area contributed by atoms with Crippen molar-refractivity contribution in [1.29, 1.82) is 5.26 Å². The molecule has 0 saturated carbocycles. The van der Waals surface area contributed by atoms with Crippen LogP contribution in [0.1, 0.15) is 31.4 Å². The summed E-state index contributed by atoms with van der Waals surface area (Å²) in [6.07, 6.45) is 0.488. The van der Waals surface area contributed by atoms with Crippen molar-refractivity contribution in [3.63, 3.8) is 0 Å². The zero-order chi connectivity index (χ0) is 23.8. The maximum Gasteiger partial charge on any atom is 0.409 e. The second-order valence-electron chi connectivity index (χ2n) is 7.67. The zero-order valence-electron chi connectivity index (χ0n) is 19.0. The summed E-state index contributed by atoms with van der Waals surface area (Å²) in [6.45, 7) is 6.89. The Balaban J connectivity index is 1.80. The largest absolute Gasteiger partial charge is 0.593 e. The molecule has 0 N–H and O–H groups in total. The summed E-state index contributed by atoms with van der Waals surface area (Å²) in [5, 5.41) is 10.5. The molecule has 3 rings (SSSR count). The average Bonchev–Trinajstić information content (AvgIpc) is 2.83. The summed E-state index contributed by atoms with van der Waals surface area (Å²) >= 11 is 4.78.